The van der Waals surface area contributed by atoms with Crippen LogP contribution < -0.4 is 15.8 Å². The summed E-state index contributed by atoms with van der Waals surface area (Å²) >= 11 is 0. The van der Waals surface area contributed by atoms with E-state index in [0.29, 0.717) is 18.9 Å². The van der Waals surface area contributed by atoms with Crippen molar-refractivity contribution < 1.29 is 22.7 Å². The first-order valence-corrected chi connectivity index (χ1v) is 6.66. The molecule has 4 nitrogen and oxygen atoms in total. The van der Waals surface area contributed by atoms with Crippen LogP contribution in [0.4, 0.5) is 18.9 Å². The number of amides is 1. The lowest BCUT2D eigenvalue weighted by molar-refractivity contribution is -0.116. The Morgan fingerprint density at radius 3 is 2.67 bits per heavy atom. The van der Waals surface area contributed by atoms with Gasteiger partial charge in [-0.2, -0.15) is 8.78 Å². The molecule has 1 amide bonds. The molecule has 1 rings (SSSR count). The molecule has 1 unspecified atom stereocenters. The number of hydrogen-bond acceptors (Lipinski definition) is 3. The number of hydrogen-bond donors (Lipinski definition) is 2. The molecule has 0 radical (unpaired) electrons. The van der Waals surface area contributed by atoms with Gasteiger partial charge in [-0.3, -0.25) is 4.79 Å². The number of nitrogens with two attached hydrogens (primary N) is 1. The standard InChI is InChI=1S/C14H19F3N2O2/c1-9(6-7-18)2-5-13(20)19-10-3-4-12(11(15)8-10)21-14(16)17/h3-4,8-9,14H,2,5-7,18H2,1H3,(H,19,20). The van der Waals surface area contributed by atoms with Crippen molar-refractivity contribution >= 4 is 11.6 Å². The van der Waals surface area contributed by atoms with Gasteiger partial charge in [-0.1, -0.05) is 6.92 Å². The molecule has 3 N–H and O–H groups in total. The first-order chi connectivity index (χ1) is 9.92. The van der Waals surface area contributed by atoms with Gasteiger partial charge in [0.25, 0.3) is 0 Å². The molecule has 0 saturated carbocycles. The second-order valence-corrected chi connectivity index (χ2v) is 4.79. The minimum absolute atomic E-state index is 0.200. The summed E-state index contributed by atoms with van der Waals surface area (Å²) in [5, 5.41) is 2.51. The highest BCUT2D eigenvalue weighted by molar-refractivity contribution is 5.90. The molecule has 0 fully saturated rings. The minimum Gasteiger partial charge on any atom is -0.432 e. The summed E-state index contributed by atoms with van der Waals surface area (Å²) in [5.74, 6) is -1.44. The lowest BCUT2D eigenvalue weighted by Gasteiger charge is -2.11. The number of carbonyl (C=O) groups is 1. The fourth-order valence-corrected chi connectivity index (χ4v) is 1.80. The van der Waals surface area contributed by atoms with E-state index in [0.717, 1.165) is 18.6 Å². The molecular weight excluding hydrogens is 285 g/mol. The van der Waals surface area contributed by atoms with Gasteiger partial charge in [-0.25, -0.2) is 4.39 Å². The third-order valence-corrected chi connectivity index (χ3v) is 2.96. The summed E-state index contributed by atoms with van der Waals surface area (Å²) in [4.78, 5) is 11.7. The quantitative estimate of drug-likeness (QED) is 0.775. The smallest absolute Gasteiger partial charge is 0.387 e. The number of nitrogens with one attached hydrogen (secondary N) is 1. The van der Waals surface area contributed by atoms with Crippen LogP contribution in [-0.4, -0.2) is 19.1 Å². The van der Waals surface area contributed by atoms with Gasteiger partial charge in [-0.15, -0.1) is 0 Å². The summed E-state index contributed by atoms with van der Waals surface area (Å²) in [6.07, 6.45) is 1.80. The van der Waals surface area contributed by atoms with E-state index in [2.05, 4.69) is 10.1 Å². The van der Waals surface area contributed by atoms with Gasteiger partial charge in [0.2, 0.25) is 5.91 Å². The third kappa shape index (κ3) is 6.48. The highest BCUT2D eigenvalue weighted by Crippen LogP contribution is 2.23. The molecule has 1 aromatic rings. The average Bonchev–Trinajstić information content (AvgIpc) is 2.39. The van der Waals surface area contributed by atoms with Gasteiger partial charge in [0.15, 0.2) is 11.6 Å². The highest BCUT2D eigenvalue weighted by Gasteiger charge is 2.12. The zero-order valence-electron chi connectivity index (χ0n) is 11.7. The minimum atomic E-state index is -3.09. The second-order valence-electron chi connectivity index (χ2n) is 4.79. The summed E-state index contributed by atoms with van der Waals surface area (Å²) in [6, 6.07) is 3.30. The largest absolute Gasteiger partial charge is 0.432 e. The number of benzene rings is 1. The molecule has 0 bridgehead atoms. The Hall–Kier alpha value is -1.76. The van der Waals surface area contributed by atoms with Crippen molar-refractivity contribution in [3.63, 3.8) is 0 Å². The van der Waals surface area contributed by atoms with E-state index in [1.54, 1.807) is 0 Å². The molecule has 7 heteroatoms. The number of alkyl halides is 2. The summed E-state index contributed by atoms with van der Waals surface area (Å²) in [6.45, 7) is -0.528. The van der Waals surface area contributed by atoms with Gasteiger partial charge < -0.3 is 15.8 Å². The maximum atomic E-state index is 13.5. The van der Waals surface area contributed by atoms with E-state index in [1.807, 2.05) is 6.92 Å². The van der Waals surface area contributed by atoms with E-state index in [1.165, 1.54) is 6.07 Å². The normalized spacial score (nSPS) is 12.3. The zero-order valence-corrected chi connectivity index (χ0v) is 11.7. The van der Waals surface area contributed by atoms with Gasteiger partial charge in [-0.05, 0) is 37.4 Å². The van der Waals surface area contributed by atoms with Crippen LogP contribution >= 0.6 is 0 Å². The van der Waals surface area contributed by atoms with Crippen molar-refractivity contribution in [2.45, 2.75) is 32.8 Å². The Labute approximate surface area is 121 Å². The third-order valence-electron chi connectivity index (χ3n) is 2.96. The average molecular weight is 304 g/mol. The first-order valence-electron chi connectivity index (χ1n) is 6.66. The Bertz CT molecular complexity index is 470. The Kier molecular flexibility index (Phi) is 7.01. The monoisotopic (exact) mass is 304 g/mol. The molecule has 0 aliphatic heterocycles. The molecule has 21 heavy (non-hydrogen) atoms. The predicted molar refractivity (Wildman–Crippen MR) is 73.7 cm³/mol. The summed E-state index contributed by atoms with van der Waals surface area (Å²) < 4.78 is 41.4. The fourth-order valence-electron chi connectivity index (χ4n) is 1.80. The van der Waals surface area contributed by atoms with Crippen molar-refractivity contribution in [1.82, 2.24) is 0 Å². The number of rotatable bonds is 8. The second kappa shape index (κ2) is 8.51. The predicted octanol–water partition coefficient (Wildman–Crippen LogP) is 3.13. The van der Waals surface area contributed by atoms with Gasteiger partial charge in [0.05, 0.1) is 0 Å². The van der Waals surface area contributed by atoms with Crippen LogP contribution in [0.15, 0.2) is 18.2 Å². The van der Waals surface area contributed by atoms with Crippen molar-refractivity contribution in [3.8, 4) is 5.75 Å². The Morgan fingerprint density at radius 2 is 2.10 bits per heavy atom. The molecule has 1 atom stereocenters. The number of anilines is 1. The molecule has 0 aromatic heterocycles. The van der Waals surface area contributed by atoms with Crippen LogP contribution in [0.25, 0.3) is 0 Å². The molecular formula is C14H19F3N2O2. The fraction of sp³-hybridized carbons (Fsp3) is 0.500. The summed E-state index contributed by atoms with van der Waals surface area (Å²) in [5.41, 5.74) is 5.62. The number of ether oxygens (including phenoxy) is 1. The Balaban J connectivity index is 2.51. The van der Waals surface area contributed by atoms with Crippen molar-refractivity contribution in [2.24, 2.45) is 11.7 Å². The maximum Gasteiger partial charge on any atom is 0.387 e. The van der Waals surface area contributed by atoms with Gasteiger partial charge in [0, 0.05) is 18.2 Å². The lowest BCUT2D eigenvalue weighted by atomic mass is 10.0. The Morgan fingerprint density at radius 1 is 1.38 bits per heavy atom. The van der Waals surface area contributed by atoms with E-state index >= 15 is 0 Å². The summed E-state index contributed by atoms with van der Waals surface area (Å²) in [7, 11) is 0. The van der Waals surface area contributed by atoms with E-state index in [-0.39, 0.29) is 18.0 Å². The van der Waals surface area contributed by atoms with Crippen molar-refractivity contribution in [2.75, 3.05) is 11.9 Å². The topological polar surface area (TPSA) is 64.4 Å². The molecule has 0 heterocycles. The van der Waals surface area contributed by atoms with Crippen LogP contribution in [-0.2, 0) is 4.79 Å². The highest BCUT2D eigenvalue weighted by atomic mass is 19.3. The van der Waals surface area contributed by atoms with Crippen LogP contribution in [0.5, 0.6) is 5.75 Å². The lowest BCUT2D eigenvalue weighted by Crippen LogP contribution is -2.14. The molecule has 0 saturated heterocycles. The van der Waals surface area contributed by atoms with Gasteiger partial charge >= 0.3 is 6.61 Å². The first kappa shape index (κ1) is 17.3. The van der Waals surface area contributed by atoms with Gasteiger partial charge in [0.1, 0.15) is 0 Å². The number of halogens is 3. The van der Waals surface area contributed by atoms with Crippen molar-refractivity contribution in [3.05, 3.63) is 24.0 Å². The molecule has 0 aliphatic carbocycles. The van der Waals surface area contributed by atoms with Crippen LogP contribution in [0.2, 0.25) is 0 Å². The van der Waals surface area contributed by atoms with Crippen molar-refractivity contribution in [1.29, 1.82) is 0 Å². The van der Waals surface area contributed by atoms with E-state index < -0.39 is 18.2 Å². The molecule has 1 aromatic carbocycles. The number of carbonyl (C=O) groups excluding carboxylic acids is 1. The van der Waals surface area contributed by atoms with Crippen LogP contribution in [0.3, 0.4) is 0 Å². The SMILES string of the molecule is CC(CCN)CCC(=O)Nc1ccc(OC(F)F)c(F)c1. The van der Waals surface area contributed by atoms with E-state index in [4.69, 9.17) is 5.73 Å². The van der Waals surface area contributed by atoms with Crippen LogP contribution in [0, 0.1) is 11.7 Å². The van der Waals surface area contributed by atoms with Crippen LogP contribution in [0.1, 0.15) is 26.2 Å². The maximum absolute atomic E-state index is 13.5. The van der Waals surface area contributed by atoms with E-state index in [9.17, 15) is 18.0 Å². The zero-order chi connectivity index (χ0) is 15.8. The molecule has 118 valence electrons. The molecule has 0 spiro atoms. The molecule has 0 aliphatic rings.